The van der Waals surface area contributed by atoms with Gasteiger partial charge in [-0.3, -0.25) is 9.59 Å². The van der Waals surface area contributed by atoms with Crippen LogP contribution in [0.4, 0.5) is 0 Å². The second kappa shape index (κ2) is 12.4. The van der Waals surface area contributed by atoms with Crippen LogP contribution in [0, 0.1) is 5.92 Å². The molecule has 2 aromatic carbocycles. The Hall–Kier alpha value is -4.28. The van der Waals surface area contributed by atoms with Gasteiger partial charge in [0, 0.05) is 5.56 Å². The fraction of sp³-hybridized carbons (Fsp3) is 0.360. The van der Waals surface area contributed by atoms with Crippen LogP contribution in [0.2, 0.25) is 0 Å². The maximum atomic E-state index is 12.8. The molecule has 0 spiro atoms. The van der Waals surface area contributed by atoms with E-state index in [4.69, 9.17) is 18.9 Å². The zero-order valence-electron chi connectivity index (χ0n) is 20.5. The molecule has 0 saturated heterocycles. The van der Waals surface area contributed by atoms with Gasteiger partial charge >= 0.3 is 5.97 Å². The Morgan fingerprint density at radius 2 is 1.83 bits per heavy atom. The molecule has 1 unspecified atom stereocenters. The number of hydrogen-bond acceptors (Lipinski definition) is 9. The molecule has 2 aromatic rings. The van der Waals surface area contributed by atoms with E-state index in [0.717, 1.165) is 0 Å². The third-order valence-corrected chi connectivity index (χ3v) is 5.10. The van der Waals surface area contributed by atoms with E-state index in [-0.39, 0.29) is 19.3 Å². The Morgan fingerprint density at radius 3 is 2.56 bits per heavy atom. The van der Waals surface area contributed by atoms with Crippen LogP contribution in [0.3, 0.4) is 0 Å². The van der Waals surface area contributed by atoms with Crippen molar-refractivity contribution in [3.05, 3.63) is 47.5 Å². The minimum atomic E-state index is -0.826. The number of nitrogens with one attached hydrogen (secondary N) is 2. The van der Waals surface area contributed by atoms with Crippen LogP contribution in [-0.4, -0.2) is 57.2 Å². The number of hydrazone groups is 1. The van der Waals surface area contributed by atoms with Crippen molar-refractivity contribution < 1.29 is 38.1 Å². The van der Waals surface area contributed by atoms with Gasteiger partial charge in [-0.15, -0.1) is 0 Å². The third kappa shape index (κ3) is 6.87. The number of nitrogens with zero attached hydrogens (tertiary/aromatic N) is 1. The van der Waals surface area contributed by atoms with Gasteiger partial charge in [0.1, 0.15) is 6.04 Å². The van der Waals surface area contributed by atoms with Gasteiger partial charge in [-0.25, -0.2) is 10.2 Å². The predicted molar refractivity (Wildman–Crippen MR) is 130 cm³/mol. The number of amides is 2. The summed E-state index contributed by atoms with van der Waals surface area (Å²) in [6, 6.07) is 8.96. The molecule has 192 valence electrons. The van der Waals surface area contributed by atoms with Gasteiger partial charge in [-0.2, -0.15) is 5.10 Å². The van der Waals surface area contributed by atoms with Gasteiger partial charge in [-0.05, 0) is 54.8 Å². The van der Waals surface area contributed by atoms with Crippen LogP contribution in [0.5, 0.6) is 23.0 Å². The summed E-state index contributed by atoms with van der Waals surface area (Å²) < 4.78 is 26.1. The Kier molecular flexibility index (Phi) is 9.09. The molecule has 1 heterocycles. The topological polar surface area (TPSA) is 134 Å². The van der Waals surface area contributed by atoms with E-state index in [2.05, 4.69) is 20.6 Å². The summed E-state index contributed by atoms with van der Waals surface area (Å²) in [5.74, 6) is 0.210. The predicted octanol–water partition coefficient (Wildman–Crippen LogP) is 2.27. The molecule has 36 heavy (non-hydrogen) atoms. The standard InChI is InChI=1S/C25H29N3O8/c1-5-33-20-10-16(6-8-18(20)34-13-22(29)32-4)12-26-28-25(31)23(15(2)3)27-24(30)17-7-9-19-21(11-17)36-14-35-19/h6-12,15,23H,5,13-14H2,1-4H3,(H,27,30)(H,28,31)/b26-12+. The average molecular weight is 500 g/mol. The lowest BCUT2D eigenvalue weighted by Crippen LogP contribution is -2.48. The first-order valence-electron chi connectivity index (χ1n) is 11.3. The van der Waals surface area contributed by atoms with Crippen molar-refractivity contribution in [1.82, 2.24) is 10.7 Å². The highest BCUT2D eigenvalue weighted by Gasteiger charge is 2.25. The second-order valence-electron chi connectivity index (χ2n) is 8.00. The Balaban J connectivity index is 1.62. The van der Waals surface area contributed by atoms with E-state index >= 15 is 0 Å². The molecule has 3 rings (SSSR count). The minimum Gasteiger partial charge on any atom is -0.490 e. The summed E-state index contributed by atoms with van der Waals surface area (Å²) in [5.41, 5.74) is 3.43. The lowest BCUT2D eigenvalue weighted by Gasteiger charge is -2.20. The van der Waals surface area contributed by atoms with Gasteiger partial charge in [0.05, 0.1) is 19.9 Å². The zero-order chi connectivity index (χ0) is 26.1. The molecule has 1 atom stereocenters. The van der Waals surface area contributed by atoms with Crippen LogP contribution in [0.15, 0.2) is 41.5 Å². The van der Waals surface area contributed by atoms with Gasteiger partial charge in [0.25, 0.3) is 11.8 Å². The van der Waals surface area contributed by atoms with E-state index in [0.29, 0.717) is 40.7 Å². The number of fused-ring (bicyclic) bond motifs is 1. The molecule has 1 aliphatic heterocycles. The van der Waals surface area contributed by atoms with E-state index in [9.17, 15) is 14.4 Å². The van der Waals surface area contributed by atoms with E-state index in [1.54, 1.807) is 36.4 Å². The second-order valence-corrected chi connectivity index (χ2v) is 8.00. The highest BCUT2D eigenvalue weighted by molar-refractivity contribution is 5.98. The van der Waals surface area contributed by atoms with Gasteiger partial charge in [0.2, 0.25) is 6.79 Å². The number of hydrogen-bond donors (Lipinski definition) is 2. The number of carbonyl (C=O) groups is 3. The summed E-state index contributed by atoms with van der Waals surface area (Å²) in [4.78, 5) is 36.8. The quantitative estimate of drug-likeness (QED) is 0.273. The van der Waals surface area contributed by atoms with Crippen LogP contribution < -0.4 is 29.7 Å². The lowest BCUT2D eigenvalue weighted by atomic mass is 10.0. The monoisotopic (exact) mass is 499 g/mol. The molecule has 1 aliphatic rings. The molecule has 0 saturated carbocycles. The molecule has 11 nitrogen and oxygen atoms in total. The molecule has 11 heteroatoms. The largest absolute Gasteiger partial charge is 0.490 e. The molecular weight excluding hydrogens is 470 g/mol. The number of esters is 1. The number of carbonyl (C=O) groups excluding carboxylic acids is 3. The van der Waals surface area contributed by atoms with Crippen molar-refractivity contribution in [2.24, 2.45) is 11.0 Å². The molecule has 2 N–H and O–H groups in total. The van der Waals surface area contributed by atoms with Crippen molar-refractivity contribution in [3.63, 3.8) is 0 Å². The van der Waals surface area contributed by atoms with Crippen molar-refractivity contribution in [3.8, 4) is 23.0 Å². The van der Waals surface area contributed by atoms with Crippen LogP contribution in [0.25, 0.3) is 0 Å². The highest BCUT2D eigenvalue weighted by atomic mass is 16.7. The number of rotatable bonds is 11. The van der Waals surface area contributed by atoms with E-state index < -0.39 is 23.8 Å². The molecule has 0 radical (unpaired) electrons. The summed E-state index contributed by atoms with van der Waals surface area (Å²) in [5, 5.41) is 6.75. The van der Waals surface area contributed by atoms with Gasteiger partial charge in [-0.1, -0.05) is 13.8 Å². The summed E-state index contributed by atoms with van der Waals surface area (Å²) >= 11 is 0. The van der Waals surface area contributed by atoms with Crippen molar-refractivity contribution in [2.45, 2.75) is 26.8 Å². The molecule has 0 bridgehead atoms. The van der Waals surface area contributed by atoms with Crippen molar-refractivity contribution >= 4 is 24.0 Å². The molecule has 0 aromatic heterocycles. The summed E-state index contributed by atoms with van der Waals surface area (Å²) in [6.45, 7) is 5.67. The first-order chi connectivity index (χ1) is 17.3. The van der Waals surface area contributed by atoms with Crippen LogP contribution in [0.1, 0.15) is 36.7 Å². The Labute approximate surface area is 208 Å². The minimum absolute atomic E-state index is 0.102. The van der Waals surface area contributed by atoms with Gasteiger partial charge < -0.3 is 29.0 Å². The molecule has 0 fully saturated rings. The maximum absolute atomic E-state index is 12.8. The van der Waals surface area contributed by atoms with Crippen LogP contribution >= 0.6 is 0 Å². The molecule has 2 amide bonds. The highest BCUT2D eigenvalue weighted by Crippen LogP contribution is 2.32. The Bertz CT molecular complexity index is 1130. The Morgan fingerprint density at radius 1 is 1.06 bits per heavy atom. The average Bonchev–Trinajstić information content (AvgIpc) is 3.34. The SMILES string of the molecule is CCOc1cc(/C=N/NC(=O)C(NC(=O)c2ccc3c(c2)OCO3)C(C)C)ccc1OCC(=O)OC. The zero-order valence-corrected chi connectivity index (χ0v) is 20.5. The smallest absolute Gasteiger partial charge is 0.343 e. The van der Waals surface area contributed by atoms with E-state index in [1.165, 1.54) is 13.3 Å². The maximum Gasteiger partial charge on any atom is 0.343 e. The lowest BCUT2D eigenvalue weighted by molar-refractivity contribution is -0.142. The fourth-order valence-electron chi connectivity index (χ4n) is 3.23. The first kappa shape index (κ1) is 26.3. The third-order valence-electron chi connectivity index (χ3n) is 5.10. The number of ether oxygens (including phenoxy) is 5. The summed E-state index contributed by atoms with van der Waals surface area (Å²) in [6.07, 6.45) is 1.43. The normalized spacial score (nSPS) is 12.8. The fourth-order valence-corrected chi connectivity index (χ4v) is 3.23. The molecule has 0 aliphatic carbocycles. The number of methoxy groups -OCH3 is 1. The molecular formula is C25H29N3O8. The summed E-state index contributed by atoms with van der Waals surface area (Å²) in [7, 11) is 1.27. The van der Waals surface area contributed by atoms with E-state index in [1.807, 2.05) is 20.8 Å². The first-order valence-corrected chi connectivity index (χ1v) is 11.3. The van der Waals surface area contributed by atoms with Crippen molar-refractivity contribution in [1.29, 1.82) is 0 Å². The van der Waals surface area contributed by atoms with Crippen LogP contribution in [-0.2, 0) is 14.3 Å². The van der Waals surface area contributed by atoms with Gasteiger partial charge in [0.15, 0.2) is 29.6 Å². The number of benzene rings is 2. The van der Waals surface area contributed by atoms with Crippen molar-refractivity contribution in [2.75, 3.05) is 27.1 Å².